The van der Waals surface area contributed by atoms with E-state index in [4.69, 9.17) is 27.9 Å². The summed E-state index contributed by atoms with van der Waals surface area (Å²) in [6.07, 6.45) is -5.11. The summed E-state index contributed by atoms with van der Waals surface area (Å²) in [5.41, 5.74) is -0.970. The van der Waals surface area contributed by atoms with Crippen molar-refractivity contribution in [1.29, 1.82) is 5.26 Å². The number of hydrogen-bond acceptors (Lipinski definition) is 8. The fraction of sp³-hybridized carbons (Fsp3) is 0.185. The van der Waals surface area contributed by atoms with Crippen LogP contribution < -0.4 is 4.90 Å². The molecule has 0 radical (unpaired) electrons. The van der Waals surface area contributed by atoms with Gasteiger partial charge >= 0.3 is 12.1 Å². The summed E-state index contributed by atoms with van der Waals surface area (Å²) in [4.78, 5) is 54.8. The average molecular weight is 622 g/mol. The molecule has 0 aliphatic carbocycles. The Morgan fingerprint density at radius 1 is 1.10 bits per heavy atom. The Hall–Kier alpha value is -3.92. The summed E-state index contributed by atoms with van der Waals surface area (Å²) in [5, 5.41) is 8.42. The van der Waals surface area contributed by atoms with E-state index in [0.29, 0.717) is 11.8 Å². The molecule has 1 aromatic heterocycles. The number of nitriles is 1. The molecule has 0 spiro atoms. The van der Waals surface area contributed by atoms with Crippen molar-refractivity contribution in [2.45, 2.75) is 29.8 Å². The number of alkyl halides is 3. The molecule has 1 fully saturated rings. The van der Waals surface area contributed by atoms with Crippen molar-refractivity contribution in [3.05, 3.63) is 86.5 Å². The number of ether oxygens (including phenoxy) is 1. The van der Waals surface area contributed by atoms with E-state index in [9.17, 15) is 37.6 Å². The third-order valence-corrected chi connectivity index (χ3v) is 7.79. The fourth-order valence-corrected chi connectivity index (χ4v) is 5.30. The van der Waals surface area contributed by atoms with Gasteiger partial charge in [-0.3, -0.25) is 14.4 Å². The first-order valence-corrected chi connectivity index (χ1v) is 13.2. The van der Waals surface area contributed by atoms with Gasteiger partial charge in [0.15, 0.2) is 12.4 Å². The highest BCUT2D eigenvalue weighted by atomic mass is 35.5. The number of hydrogen-bond donors (Lipinski definition) is 0. The minimum Gasteiger partial charge on any atom is -0.454 e. The van der Waals surface area contributed by atoms with Crippen LogP contribution in [0.25, 0.3) is 0 Å². The summed E-state index contributed by atoms with van der Waals surface area (Å²) < 4.78 is 44.8. The summed E-state index contributed by atoms with van der Waals surface area (Å²) in [6.45, 7) is 0.748. The second-order valence-electron chi connectivity index (χ2n) is 8.67. The van der Waals surface area contributed by atoms with Crippen molar-refractivity contribution in [2.75, 3.05) is 11.5 Å². The quantitative estimate of drug-likeness (QED) is 0.178. The molecule has 1 saturated heterocycles. The molecule has 1 atom stereocenters. The predicted octanol–water partition coefficient (Wildman–Crippen LogP) is 6.05. The number of aromatic nitrogens is 1. The second-order valence-corrected chi connectivity index (χ2v) is 10.7. The van der Waals surface area contributed by atoms with Crippen LogP contribution in [0.15, 0.2) is 53.6 Å². The largest absolute Gasteiger partial charge is 0.454 e. The lowest BCUT2D eigenvalue weighted by Crippen LogP contribution is -2.31. The topological polar surface area (TPSA) is 117 Å². The maximum Gasteiger partial charge on any atom is 0.433 e. The molecule has 1 aliphatic heterocycles. The Morgan fingerprint density at radius 2 is 1.76 bits per heavy atom. The third-order valence-electron chi connectivity index (χ3n) is 5.88. The van der Waals surface area contributed by atoms with Gasteiger partial charge in [-0.1, -0.05) is 35.0 Å². The third kappa shape index (κ3) is 6.53. The SMILES string of the molecule is Cc1cc(C(F)(F)F)nc(SC2CC(=O)N(c3ccc(C(=O)OCC(=O)c4ccc(Cl)c(Cl)c4)cc3)C2=O)c1C#N. The first-order valence-electron chi connectivity index (χ1n) is 11.6. The van der Waals surface area contributed by atoms with Gasteiger partial charge in [0.2, 0.25) is 11.8 Å². The molecule has 2 heterocycles. The van der Waals surface area contributed by atoms with E-state index in [1.54, 1.807) is 6.07 Å². The number of halogens is 5. The Balaban J connectivity index is 1.45. The van der Waals surface area contributed by atoms with E-state index in [-0.39, 0.29) is 49.4 Å². The van der Waals surface area contributed by atoms with Crippen LogP contribution in [-0.2, 0) is 20.5 Å². The number of anilines is 1. The lowest BCUT2D eigenvalue weighted by atomic mass is 10.1. The normalized spacial score (nSPS) is 15.1. The van der Waals surface area contributed by atoms with E-state index in [1.807, 2.05) is 0 Å². The number of esters is 1. The Morgan fingerprint density at radius 3 is 2.37 bits per heavy atom. The monoisotopic (exact) mass is 621 g/mol. The molecule has 1 aliphatic rings. The zero-order valence-electron chi connectivity index (χ0n) is 20.8. The standard InChI is InChI=1S/C27H16Cl2F3N3O5S/c1-13-8-22(27(30,31)32)34-24(17(13)11-33)41-21-10-23(37)35(25(21)38)16-5-2-14(3-6-16)26(39)40-12-20(36)15-4-7-18(28)19(29)9-15/h2-9,21H,10,12H2,1H3. The van der Waals surface area contributed by atoms with Gasteiger partial charge < -0.3 is 4.74 Å². The van der Waals surface area contributed by atoms with Gasteiger partial charge in [-0.05, 0) is 61.0 Å². The number of pyridine rings is 1. The minimum absolute atomic E-state index is 0.0306. The minimum atomic E-state index is -4.77. The van der Waals surface area contributed by atoms with Crippen LogP contribution >= 0.6 is 35.0 Å². The van der Waals surface area contributed by atoms with Crippen molar-refractivity contribution < 1.29 is 37.1 Å². The number of rotatable bonds is 7. The molecular formula is C27H16Cl2F3N3O5S. The van der Waals surface area contributed by atoms with E-state index >= 15 is 0 Å². The molecule has 0 N–H and O–H groups in total. The van der Waals surface area contributed by atoms with Crippen LogP contribution in [0.1, 0.15) is 44.0 Å². The van der Waals surface area contributed by atoms with Crippen LogP contribution in [0, 0.1) is 18.3 Å². The van der Waals surface area contributed by atoms with Crippen LogP contribution in [-0.4, -0.2) is 40.4 Å². The first kappa shape index (κ1) is 30.0. The average Bonchev–Trinajstić information content (AvgIpc) is 3.20. The van der Waals surface area contributed by atoms with Crippen molar-refractivity contribution in [1.82, 2.24) is 4.98 Å². The van der Waals surface area contributed by atoms with Gasteiger partial charge in [-0.2, -0.15) is 18.4 Å². The Kier molecular flexibility index (Phi) is 8.72. The predicted molar refractivity (Wildman–Crippen MR) is 143 cm³/mol. The second kappa shape index (κ2) is 11.9. The summed E-state index contributed by atoms with van der Waals surface area (Å²) in [7, 11) is 0. The molecular weight excluding hydrogens is 606 g/mol. The van der Waals surface area contributed by atoms with Gasteiger partial charge in [-0.25, -0.2) is 14.7 Å². The highest BCUT2D eigenvalue weighted by Gasteiger charge is 2.42. The number of thioether (sulfide) groups is 1. The molecule has 41 heavy (non-hydrogen) atoms. The number of imide groups is 1. The lowest BCUT2D eigenvalue weighted by Gasteiger charge is -2.16. The van der Waals surface area contributed by atoms with Crippen molar-refractivity contribution in [3.63, 3.8) is 0 Å². The number of benzene rings is 2. The van der Waals surface area contributed by atoms with Crippen molar-refractivity contribution in [2.24, 2.45) is 0 Å². The Bertz CT molecular complexity index is 1620. The zero-order valence-corrected chi connectivity index (χ0v) is 23.1. The number of carbonyl (C=O) groups is 4. The van der Waals surface area contributed by atoms with E-state index in [0.717, 1.165) is 11.0 Å². The van der Waals surface area contributed by atoms with E-state index < -0.39 is 47.3 Å². The van der Waals surface area contributed by atoms with Crippen molar-refractivity contribution in [3.8, 4) is 6.07 Å². The first-order chi connectivity index (χ1) is 19.3. The maximum atomic E-state index is 13.3. The van der Waals surface area contributed by atoms with Crippen LogP contribution in [0.5, 0.6) is 0 Å². The zero-order chi connectivity index (χ0) is 30.1. The number of aryl methyl sites for hydroxylation is 1. The number of ketones is 1. The number of amides is 2. The summed E-state index contributed by atoms with van der Waals surface area (Å²) >= 11 is 12.3. The highest BCUT2D eigenvalue weighted by molar-refractivity contribution is 8.00. The number of carbonyl (C=O) groups excluding carboxylic acids is 4. The lowest BCUT2D eigenvalue weighted by molar-refractivity contribution is -0.141. The van der Waals surface area contributed by atoms with Crippen LogP contribution in [0.2, 0.25) is 10.0 Å². The van der Waals surface area contributed by atoms with Gasteiger partial charge in [-0.15, -0.1) is 0 Å². The van der Waals surface area contributed by atoms with Gasteiger partial charge in [0.1, 0.15) is 16.8 Å². The number of Topliss-reactive ketones (excluding diaryl/α,β-unsaturated/α-hetero) is 1. The van der Waals surface area contributed by atoms with Gasteiger partial charge in [0, 0.05) is 12.0 Å². The molecule has 2 amide bonds. The molecule has 1 unspecified atom stereocenters. The van der Waals surface area contributed by atoms with Gasteiger partial charge in [0.25, 0.3) is 0 Å². The molecule has 0 saturated carbocycles. The Labute approximate surface area is 245 Å². The van der Waals surface area contributed by atoms with Crippen LogP contribution in [0.3, 0.4) is 0 Å². The van der Waals surface area contributed by atoms with Crippen molar-refractivity contribution >= 4 is 64.2 Å². The molecule has 3 aromatic rings. The maximum absolute atomic E-state index is 13.3. The highest BCUT2D eigenvalue weighted by Crippen LogP contribution is 2.38. The smallest absolute Gasteiger partial charge is 0.433 e. The molecule has 0 bridgehead atoms. The molecule has 210 valence electrons. The summed E-state index contributed by atoms with van der Waals surface area (Å²) in [5.74, 6) is -2.71. The van der Waals surface area contributed by atoms with Crippen LogP contribution in [0.4, 0.5) is 18.9 Å². The van der Waals surface area contributed by atoms with E-state index in [1.165, 1.54) is 49.4 Å². The fourth-order valence-electron chi connectivity index (χ4n) is 3.83. The number of nitrogens with zero attached hydrogens (tertiary/aromatic N) is 3. The van der Waals surface area contributed by atoms with Gasteiger partial charge in [0.05, 0.1) is 32.1 Å². The molecule has 14 heteroatoms. The summed E-state index contributed by atoms with van der Waals surface area (Å²) in [6, 6.07) is 11.9. The van der Waals surface area contributed by atoms with E-state index in [2.05, 4.69) is 4.98 Å². The molecule has 8 nitrogen and oxygen atoms in total. The molecule has 2 aromatic carbocycles. The molecule has 4 rings (SSSR count).